The van der Waals surface area contributed by atoms with Gasteiger partial charge in [-0.1, -0.05) is 12.1 Å². The highest BCUT2D eigenvalue weighted by molar-refractivity contribution is 7.92. The lowest BCUT2D eigenvalue weighted by Gasteiger charge is -2.14. The molecule has 1 aromatic rings. The van der Waals surface area contributed by atoms with Crippen molar-refractivity contribution in [3.05, 3.63) is 24.3 Å². The van der Waals surface area contributed by atoms with Crippen LogP contribution in [0.3, 0.4) is 0 Å². The van der Waals surface area contributed by atoms with Crippen LogP contribution >= 0.6 is 0 Å². The van der Waals surface area contributed by atoms with Crippen LogP contribution in [0.15, 0.2) is 24.3 Å². The topological polar surface area (TPSA) is 101 Å². The first-order valence-electron chi connectivity index (χ1n) is 6.48. The van der Waals surface area contributed by atoms with Gasteiger partial charge in [0.15, 0.2) is 0 Å². The van der Waals surface area contributed by atoms with Crippen molar-refractivity contribution >= 4 is 27.3 Å². The summed E-state index contributed by atoms with van der Waals surface area (Å²) in [6, 6.07) is 6.80. The van der Waals surface area contributed by atoms with Gasteiger partial charge in [0.05, 0.1) is 17.6 Å². The second-order valence-electron chi connectivity index (χ2n) is 5.18. The number of amides is 1. The van der Waals surface area contributed by atoms with E-state index in [0.717, 1.165) is 19.1 Å². The number of benzene rings is 1. The lowest BCUT2D eigenvalue weighted by molar-refractivity contribution is -0.119. The van der Waals surface area contributed by atoms with Gasteiger partial charge < -0.3 is 11.1 Å². The number of hydrogen-bond acceptors (Lipinski definition) is 4. The fourth-order valence-electron chi connectivity index (χ4n) is 2.37. The van der Waals surface area contributed by atoms with Crippen molar-refractivity contribution in [1.29, 1.82) is 0 Å². The number of hydrogen-bond donors (Lipinski definition) is 3. The van der Waals surface area contributed by atoms with Crippen molar-refractivity contribution in [1.82, 2.24) is 0 Å². The van der Waals surface area contributed by atoms with Crippen LogP contribution in [0, 0.1) is 5.92 Å². The average molecular weight is 297 g/mol. The standard InChI is InChI=1S/C13H19N3O3S/c1-20(18,19)16-12-5-3-2-4-11(12)15-13(17)9-6-7-10(14)8-9/h2-5,9-10,16H,6-8,14H2,1H3,(H,15,17). The Balaban J connectivity index is 2.11. The van der Waals surface area contributed by atoms with E-state index in [4.69, 9.17) is 5.73 Å². The van der Waals surface area contributed by atoms with Gasteiger partial charge in [-0.05, 0) is 31.4 Å². The van der Waals surface area contributed by atoms with Gasteiger partial charge in [-0.2, -0.15) is 0 Å². The molecule has 0 aromatic heterocycles. The molecular formula is C13H19N3O3S. The van der Waals surface area contributed by atoms with E-state index in [2.05, 4.69) is 10.0 Å². The van der Waals surface area contributed by atoms with Crippen LogP contribution in [0.2, 0.25) is 0 Å². The summed E-state index contributed by atoms with van der Waals surface area (Å²) >= 11 is 0. The van der Waals surface area contributed by atoms with Gasteiger partial charge in [0.25, 0.3) is 0 Å². The lowest BCUT2D eigenvalue weighted by Crippen LogP contribution is -2.24. The summed E-state index contributed by atoms with van der Waals surface area (Å²) in [5, 5.41) is 2.77. The Kier molecular flexibility index (Phi) is 4.29. The Bertz CT molecular complexity index is 601. The van der Waals surface area contributed by atoms with E-state index in [1.165, 1.54) is 0 Å². The Hall–Kier alpha value is -1.60. The molecule has 110 valence electrons. The highest BCUT2D eigenvalue weighted by atomic mass is 32.2. The fourth-order valence-corrected chi connectivity index (χ4v) is 2.95. The minimum atomic E-state index is -3.38. The maximum absolute atomic E-state index is 12.1. The molecule has 1 aliphatic carbocycles. The monoisotopic (exact) mass is 297 g/mol. The first kappa shape index (κ1) is 14.8. The number of carbonyl (C=O) groups excluding carboxylic acids is 1. The Labute approximate surface area is 118 Å². The molecule has 0 heterocycles. The lowest BCUT2D eigenvalue weighted by atomic mass is 10.1. The Morgan fingerprint density at radius 2 is 1.90 bits per heavy atom. The van der Waals surface area contributed by atoms with Crippen molar-refractivity contribution in [2.24, 2.45) is 11.7 Å². The van der Waals surface area contributed by atoms with E-state index in [1.54, 1.807) is 24.3 Å². The summed E-state index contributed by atoms with van der Waals surface area (Å²) < 4.78 is 25.0. The fraction of sp³-hybridized carbons (Fsp3) is 0.462. The minimum Gasteiger partial charge on any atom is -0.328 e. The van der Waals surface area contributed by atoms with Gasteiger partial charge >= 0.3 is 0 Å². The molecule has 0 bridgehead atoms. The third-order valence-electron chi connectivity index (χ3n) is 3.32. The summed E-state index contributed by atoms with van der Waals surface area (Å²) in [5.74, 6) is -0.211. The van der Waals surface area contributed by atoms with Crippen LogP contribution in [-0.4, -0.2) is 26.6 Å². The molecule has 1 fully saturated rings. The number of rotatable bonds is 4. The van der Waals surface area contributed by atoms with Gasteiger partial charge in [-0.3, -0.25) is 9.52 Å². The van der Waals surface area contributed by atoms with E-state index in [0.29, 0.717) is 17.8 Å². The first-order chi connectivity index (χ1) is 9.35. The van der Waals surface area contributed by atoms with Crippen LogP contribution in [0.25, 0.3) is 0 Å². The summed E-state index contributed by atoms with van der Waals surface area (Å²) in [6.45, 7) is 0. The number of anilines is 2. The molecule has 20 heavy (non-hydrogen) atoms. The van der Waals surface area contributed by atoms with Crippen LogP contribution in [-0.2, 0) is 14.8 Å². The van der Waals surface area contributed by atoms with Gasteiger partial charge in [-0.25, -0.2) is 8.42 Å². The van der Waals surface area contributed by atoms with Crippen LogP contribution in [0.4, 0.5) is 11.4 Å². The van der Waals surface area contributed by atoms with E-state index in [1.807, 2.05) is 0 Å². The minimum absolute atomic E-state index is 0.0788. The number of para-hydroxylation sites is 2. The highest BCUT2D eigenvalue weighted by Gasteiger charge is 2.28. The molecule has 6 nitrogen and oxygen atoms in total. The summed E-state index contributed by atoms with van der Waals surface area (Å²) in [7, 11) is -3.38. The molecule has 1 aliphatic rings. The molecule has 1 saturated carbocycles. The van der Waals surface area contributed by atoms with E-state index >= 15 is 0 Å². The number of nitrogens with one attached hydrogen (secondary N) is 2. The molecule has 0 aliphatic heterocycles. The molecule has 4 N–H and O–H groups in total. The molecule has 2 unspecified atom stereocenters. The normalized spacial score (nSPS) is 22.5. The van der Waals surface area contributed by atoms with E-state index in [9.17, 15) is 13.2 Å². The zero-order valence-corrected chi connectivity index (χ0v) is 12.1. The van der Waals surface area contributed by atoms with Gasteiger partial charge in [-0.15, -0.1) is 0 Å². The SMILES string of the molecule is CS(=O)(=O)Nc1ccccc1NC(=O)C1CCC(N)C1. The van der Waals surface area contributed by atoms with E-state index < -0.39 is 10.0 Å². The molecule has 0 spiro atoms. The first-order valence-corrected chi connectivity index (χ1v) is 8.37. The smallest absolute Gasteiger partial charge is 0.229 e. The quantitative estimate of drug-likeness (QED) is 0.775. The highest BCUT2D eigenvalue weighted by Crippen LogP contribution is 2.27. The summed E-state index contributed by atoms with van der Waals surface area (Å²) in [6.07, 6.45) is 3.37. The second-order valence-corrected chi connectivity index (χ2v) is 6.93. The van der Waals surface area contributed by atoms with Gasteiger partial charge in [0.2, 0.25) is 15.9 Å². The second kappa shape index (κ2) is 5.80. The zero-order chi connectivity index (χ0) is 14.8. The van der Waals surface area contributed by atoms with Crippen molar-refractivity contribution in [2.45, 2.75) is 25.3 Å². The van der Waals surface area contributed by atoms with Crippen molar-refractivity contribution in [3.63, 3.8) is 0 Å². The molecule has 1 amide bonds. The predicted octanol–water partition coefficient (Wildman–Crippen LogP) is 1.12. The van der Waals surface area contributed by atoms with Crippen molar-refractivity contribution in [2.75, 3.05) is 16.3 Å². The molecule has 0 saturated heterocycles. The van der Waals surface area contributed by atoms with Crippen molar-refractivity contribution in [3.8, 4) is 0 Å². The van der Waals surface area contributed by atoms with Crippen LogP contribution in [0.5, 0.6) is 0 Å². The molecule has 0 radical (unpaired) electrons. The molecule has 7 heteroatoms. The predicted molar refractivity (Wildman–Crippen MR) is 78.9 cm³/mol. The van der Waals surface area contributed by atoms with Gasteiger partial charge in [0, 0.05) is 12.0 Å². The Morgan fingerprint density at radius 3 is 2.45 bits per heavy atom. The van der Waals surface area contributed by atoms with Crippen molar-refractivity contribution < 1.29 is 13.2 Å². The third-order valence-corrected chi connectivity index (χ3v) is 3.91. The maximum Gasteiger partial charge on any atom is 0.229 e. The third kappa shape index (κ3) is 3.94. The van der Waals surface area contributed by atoms with E-state index in [-0.39, 0.29) is 17.9 Å². The molecular weight excluding hydrogens is 278 g/mol. The summed E-state index contributed by atoms with van der Waals surface area (Å²) in [4.78, 5) is 12.1. The number of sulfonamides is 1. The molecule has 2 rings (SSSR count). The molecule has 1 aromatic carbocycles. The van der Waals surface area contributed by atoms with Crippen LogP contribution in [0.1, 0.15) is 19.3 Å². The Morgan fingerprint density at radius 1 is 1.25 bits per heavy atom. The maximum atomic E-state index is 12.1. The number of nitrogens with two attached hydrogens (primary N) is 1. The summed E-state index contributed by atoms with van der Waals surface area (Å²) in [5.41, 5.74) is 6.63. The zero-order valence-electron chi connectivity index (χ0n) is 11.3. The number of carbonyl (C=O) groups is 1. The molecule has 2 atom stereocenters. The van der Waals surface area contributed by atoms with Crippen LogP contribution < -0.4 is 15.8 Å². The largest absolute Gasteiger partial charge is 0.328 e. The average Bonchev–Trinajstić information content (AvgIpc) is 2.77. The van der Waals surface area contributed by atoms with Gasteiger partial charge in [0.1, 0.15) is 0 Å².